The Hall–Kier alpha value is -1.03. The number of aryl methyl sites for hydroxylation is 2. The van der Waals surface area contributed by atoms with Crippen LogP contribution in [0.15, 0.2) is 0 Å². The van der Waals surface area contributed by atoms with E-state index in [1.807, 2.05) is 11.7 Å². The van der Waals surface area contributed by atoms with E-state index in [2.05, 4.69) is 43.1 Å². The van der Waals surface area contributed by atoms with Crippen LogP contribution in [-0.2, 0) is 13.6 Å². The van der Waals surface area contributed by atoms with Crippen molar-refractivity contribution >= 4 is 5.82 Å². The van der Waals surface area contributed by atoms with Gasteiger partial charge < -0.3 is 10.2 Å². The molecule has 19 heavy (non-hydrogen) atoms. The maximum absolute atomic E-state index is 4.55. The van der Waals surface area contributed by atoms with E-state index in [1.54, 1.807) is 0 Å². The maximum Gasteiger partial charge on any atom is 0.128 e. The molecule has 1 aromatic heterocycles. The Morgan fingerprint density at radius 1 is 1.47 bits per heavy atom. The second-order valence-electron chi connectivity index (χ2n) is 6.13. The SMILES string of the molecule is CCCNc1c(CN(C)CC2CC2C)c(C)nn1C. The largest absolute Gasteiger partial charge is 0.370 e. The number of anilines is 1. The summed E-state index contributed by atoms with van der Waals surface area (Å²) in [6, 6.07) is 0. The van der Waals surface area contributed by atoms with Gasteiger partial charge in [-0.05, 0) is 38.6 Å². The first kappa shape index (κ1) is 14.4. The predicted octanol–water partition coefficient (Wildman–Crippen LogP) is 2.64. The Labute approximate surface area is 117 Å². The van der Waals surface area contributed by atoms with Crippen molar-refractivity contribution in [3.05, 3.63) is 11.3 Å². The smallest absolute Gasteiger partial charge is 0.128 e. The van der Waals surface area contributed by atoms with E-state index in [1.165, 1.54) is 24.3 Å². The van der Waals surface area contributed by atoms with Gasteiger partial charge in [0.05, 0.1) is 5.69 Å². The van der Waals surface area contributed by atoms with Crippen LogP contribution in [0.2, 0.25) is 0 Å². The minimum absolute atomic E-state index is 0.911. The Morgan fingerprint density at radius 3 is 2.74 bits per heavy atom. The van der Waals surface area contributed by atoms with Crippen LogP contribution >= 0.6 is 0 Å². The zero-order valence-electron chi connectivity index (χ0n) is 13.0. The summed E-state index contributed by atoms with van der Waals surface area (Å²) in [6.07, 6.45) is 2.54. The van der Waals surface area contributed by atoms with E-state index in [9.17, 15) is 0 Å². The fourth-order valence-corrected chi connectivity index (χ4v) is 2.74. The molecule has 1 aliphatic carbocycles. The number of nitrogens with one attached hydrogen (secondary N) is 1. The fraction of sp³-hybridized carbons (Fsp3) is 0.800. The van der Waals surface area contributed by atoms with Gasteiger partial charge in [-0.3, -0.25) is 4.68 Å². The van der Waals surface area contributed by atoms with Crippen LogP contribution in [-0.4, -0.2) is 34.8 Å². The zero-order chi connectivity index (χ0) is 14.0. The Bertz CT molecular complexity index is 424. The van der Waals surface area contributed by atoms with Crippen LogP contribution in [0, 0.1) is 18.8 Å². The average Bonchev–Trinajstić information content (AvgIpc) is 2.95. The van der Waals surface area contributed by atoms with Crippen molar-refractivity contribution in [2.45, 2.75) is 40.2 Å². The summed E-state index contributed by atoms with van der Waals surface area (Å²) in [5.41, 5.74) is 2.50. The molecular formula is C15H28N4. The molecule has 4 nitrogen and oxygen atoms in total. The molecule has 0 radical (unpaired) electrons. The quantitative estimate of drug-likeness (QED) is 0.822. The lowest BCUT2D eigenvalue weighted by Gasteiger charge is -2.18. The summed E-state index contributed by atoms with van der Waals surface area (Å²) in [5.74, 6) is 3.03. The summed E-state index contributed by atoms with van der Waals surface area (Å²) in [4.78, 5) is 2.44. The van der Waals surface area contributed by atoms with Crippen LogP contribution in [0.1, 0.15) is 37.9 Å². The maximum atomic E-state index is 4.55. The van der Waals surface area contributed by atoms with Crippen LogP contribution in [0.3, 0.4) is 0 Å². The highest BCUT2D eigenvalue weighted by Crippen LogP contribution is 2.38. The molecule has 2 rings (SSSR count). The topological polar surface area (TPSA) is 33.1 Å². The standard InChI is InChI=1S/C15H28N4/c1-6-7-16-15-14(12(3)17-19(15)5)10-18(4)9-13-8-11(13)2/h11,13,16H,6-10H2,1-5H3. The molecular weight excluding hydrogens is 236 g/mol. The predicted molar refractivity (Wildman–Crippen MR) is 80.3 cm³/mol. The van der Waals surface area contributed by atoms with Crippen molar-refractivity contribution in [2.24, 2.45) is 18.9 Å². The van der Waals surface area contributed by atoms with Gasteiger partial charge in [-0.25, -0.2) is 0 Å². The summed E-state index contributed by atoms with van der Waals surface area (Å²) in [6.45, 7) is 9.87. The molecule has 0 aromatic carbocycles. The summed E-state index contributed by atoms with van der Waals surface area (Å²) in [7, 11) is 4.25. The van der Waals surface area contributed by atoms with E-state index >= 15 is 0 Å². The third-order valence-corrected chi connectivity index (χ3v) is 4.14. The lowest BCUT2D eigenvalue weighted by atomic mass is 10.2. The van der Waals surface area contributed by atoms with Gasteiger partial charge in [-0.1, -0.05) is 13.8 Å². The molecule has 0 aliphatic heterocycles. The molecule has 2 unspecified atom stereocenters. The van der Waals surface area contributed by atoms with Gasteiger partial charge in [-0.2, -0.15) is 5.10 Å². The van der Waals surface area contributed by atoms with Crippen LogP contribution in [0.5, 0.6) is 0 Å². The van der Waals surface area contributed by atoms with Gasteiger partial charge in [0.2, 0.25) is 0 Å². The van der Waals surface area contributed by atoms with Gasteiger partial charge in [0.15, 0.2) is 0 Å². The van der Waals surface area contributed by atoms with E-state index in [0.717, 1.165) is 37.0 Å². The minimum Gasteiger partial charge on any atom is -0.370 e. The normalized spacial score (nSPS) is 22.0. The Kier molecular flexibility index (Phi) is 4.50. The van der Waals surface area contributed by atoms with Gasteiger partial charge in [0.25, 0.3) is 0 Å². The highest BCUT2D eigenvalue weighted by atomic mass is 15.3. The van der Waals surface area contributed by atoms with Gasteiger partial charge >= 0.3 is 0 Å². The van der Waals surface area contributed by atoms with Gasteiger partial charge in [0.1, 0.15) is 5.82 Å². The second-order valence-corrected chi connectivity index (χ2v) is 6.13. The molecule has 0 spiro atoms. The molecule has 4 heteroatoms. The number of aromatic nitrogens is 2. The summed E-state index contributed by atoms with van der Waals surface area (Å²) >= 11 is 0. The molecule has 0 amide bonds. The molecule has 1 aromatic rings. The fourth-order valence-electron chi connectivity index (χ4n) is 2.74. The monoisotopic (exact) mass is 264 g/mol. The number of rotatable bonds is 7. The molecule has 2 atom stereocenters. The van der Waals surface area contributed by atoms with E-state index in [0.29, 0.717) is 0 Å². The highest BCUT2D eigenvalue weighted by Gasteiger charge is 2.33. The Morgan fingerprint density at radius 2 is 2.16 bits per heavy atom. The van der Waals surface area contributed by atoms with E-state index in [-0.39, 0.29) is 0 Å². The molecule has 0 bridgehead atoms. The van der Waals surface area contributed by atoms with Crippen molar-refractivity contribution in [2.75, 3.05) is 25.5 Å². The first-order valence-corrected chi connectivity index (χ1v) is 7.47. The lowest BCUT2D eigenvalue weighted by molar-refractivity contribution is 0.307. The van der Waals surface area contributed by atoms with Crippen molar-refractivity contribution in [3.63, 3.8) is 0 Å². The van der Waals surface area contributed by atoms with E-state index < -0.39 is 0 Å². The van der Waals surface area contributed by atoms with Crippen molar-refractivity contribution in [1.29, 1.82) is 0 Å². The molecule has 0 saturated heterocycles. The third kappa shape index (κ3) is 3.50. The molecule has 1 aliphatic rings. The zero-order valence-corrected chi connectivity index (χ0v) is 13.0. The molecule has 1 heterocycles. The third-order valence-electron chi connectivity index (χ3n) is 4.14. The number of hydrogen-bond acceptors (Lipinski definition) is 3. The second kappa shape index (κ2) is 5.95. The first-order valence-electron chi connectivity index (χ1n) is 7.47. The highest BCUT2D eigenvalue weighted by molar-refractivity contribution is 5.47. The average molecular weight is 264 g/mol. The van der Waals surface area contributed by atoms with Crippen molar-refractivity contribution in [1.82, 2.24) is 14.7 Å². The Balaban J connectivity index is 2.01. The summed E-state index contributed by atoms with van der Waals surface area (Å²) in [5, 5.41) is 8.06. The van der Waals surface area contributed by atoms with Crippen LogP contribution in [0.4, 0.5) is 5.82 Å². The molecule has 1 saturated carbocycles. The number of hydrogen-bond donors (Lipinski definition) is 1. The van der Waals surface area contributed by atoms with Gasteiger partial charge in [0, 0.05) is 32.2 Å². The first-order chi connectivity index (χ1) is 9.02. The van der Waals surface area contributed by atoms with Crippen molar-refractivity contribution in [3.8, 4) is 0 Å². The summed E-state index contributed by atoms with van der Waals surface area (Å²) < 4.78 is 1.98. The molecule has 1 fully saturated rings. The molecule has 108 valence electrons. The number of nitrogens with zero attached hydrogens (tertiary/aromatic N) is 3. The van der Waals surface area contributed by atoms with Crippen LogP contribution < -0.4 is 5.32 Å². The lowest BCUT2D eigenvalue weighted by Crippen LogP contribution is -2.22. The molecule has 1 N–H and O–H groups in total. The van der Waals surface area contributed by atoms with Gasteiger partial charge in [-0.15, -0.1) is 0 Å². The van der Waals surface area contributed by atoms with E-state index in [4.69, 9.17) is 0 Å². The minimum atomic E-state index is 0.911. The van der Waals surface area contributed by atoms with Crippen molar-refractivity contribution < 1.29 is 0 Å². The van der Waals surface area contributed by atoms with Crippen LogP contribution in [0.25, 0.3) is 0 Å².